The van der Waals surface area contributed by atoms with E-state index >= 15 is 0 Å². The number of aromatic nitrogens is 1. The van der Waals surface area contributed by atoms with Crippen molar-refractivity contribution in [2.75, 3.05) is 26.9 Å². The number of amides is 1. The highest BCUT2D eigenvalue weighted by molar-refractivity contribution is 5.77. The summed E-state index contributed by atoms with van der Waals surface area (Å²) in [5.41, 5.74) is 3.05. The molecule has 31 heavy (non-hydrogen) atoms. The van der Waals surface area contributed by atoms with E-state index in [-0.39, 0.29) is 18.3 Å². The number of ether oxygens (including phenoxy) is 2. The molecular formula is C25H29FN2O3. The summed E-state index contributed by atoms with van der Waals surface area (Å²) in [4.78, 5) is 14.7. The minimum absolute atomic E-state index is 0.0283. The van der Waals surface area contributed by atoms with Gasteiger partial charge >= 0.3 is 0 Å². The maximum Gasteiger partial charge on any atom is 0.248 e. The van der Waals surface area contributed by atoms with Gasteiger partial charge in [-0.05, 0) is 41.8 Å². The minimum Gasteiger partial charge on any atom is -0.385 e. The molecule has 0 atom stereocenters. The topological polar surface area (TPSA) is 43.7 Å². The van der Waals surface area contributed by atoms with Gasteiger partial charge in [-0.15, -0.1) is 0 Å². The van der Waals surface area contributed by atoms with E-state index < -0.39 is 0 Å². The monoisotopic (exact) mass is 424 g/mol. The second-order valence-electron chi connectivity index (χ2n) is 7.39. The SMILES string of the molecule is COCCCN(Cc1cccn1Cc1ccc(F)cc1)C(=O)COCc1ccccc1. The fraction of sp³-hybridized carbons (Fsp3) is 0.320. The lowest BCUT2D eigenvalue weighted by atomic mass is 10.2. The lowest BCUT2D eigenvalue weighted by molar-refractivity contribution is -0.137. The first kappa shape index (κ1) is 22.7. The van der Waals surface area contributed by atoms with Gasteiger partial charge in [0.25, 0.3) is 0 Å². The van der Waals surface area contributed by atoms with Crippen molar-refractivity contribution in [3.05, 3.63) is 95.6 Å². The molecule has 3 rings (SSSR count). The number of hydrogen-bond donors (Lipinski definition) is 0. The molecule has 0 aliphatic rings. The van der Waals surface area contributed by atoms with Crippen molar-refractivity contribution in [1.82, 2.24) is 9.47 Å². The summed E-state index contributed by atoms with van der Waals surface area (Å²) in [6.07, 6.45) is 2.72. The second kappa shape index (κ2) is 12.0. The largest absolute Gasteiger partial charge is 0.385 e. The first-order chi connectivity index (χ1) is 15.2. The number of halogens is 1. The second-order valence-corrected chi connectivity index (χ2v) is 7.39. The van der Waals surface area contributed by atoms with Crippen molar-refractivity contribution >= 4 is 5.91 Å². The van der Waals surface area contributed by atoms with Crippen LogP contribution in [0.1, 0.15) is 23.2 Å². The maximum atomic E-state index is 13.2. The first-order valence-corrected chi connectivity index (χ1v) is 10.4. The summed E-state index contributed by atoms with van der Waals surface area (Å²) in [5.74, 6) is -0.302. The van der Waals surface area contributed by atoms with E-state index in [0.29, 0.717) is 32.8 Å². The van der Waals surface area contributed by atoms with Crippen molar-refractivity contribution in [2.45, 2.75) is 26.1 Å². The van der Waals surface area contributed by atoms with Gasteiger partial charge in [0.1, 0.15) is 12.4 Å². The number of carbonyl (C=O) groups is 1. The van der Waals surface area contributed by atoms with Crippen molar-refractivity contribution < 1.29 is 18.7 Å². The molecule has 0 spiro atoms. The van der Waals surface area contributed by atoms with Crippen LogP contribution in [0.15, 0.2) is 72.9 Å². The molecule has 0 saturated heterocycles. The highest BCUT2D eigenvalue weighted by Crippen LogP contribution is 2.12. The molecule has 6 heteroatoms. The van der Waals surface area contributed by atoms with Crippen LogP contribution in [0.3, 0.4) is 0 Å². The maximum absolute atomic E-state index is 13.2. The van der Waals surface area contributed by atoms with E-state index in [1.165, 1.54) is 12.1 Å². The summed E-state index contributed by atoms with van der Waals surface area (Å²) in [6, 6.07) is 20.2. The van der Waals surface area contributed by atoms with E-state index in [1.54, 1.807) is 24.1 Å². The van der Waals surface area contributed by atoms with Crippen molar-refractivity contribution in [1.29, 1.82) is 0 Å². The Labute approximate surface area is 183 Å². The van der Waals surface area contributed by atoms with Gasteiger partial charge in [-0.2, -0.15) is 0 Å². The number of carbonyl (C=O) groups excluding carboxylic acids is 1. The molecule has 0 aliphatic carbocycles. The van der Waals surface area contributed by atoms with Crippen LogP contribution in [-0.2, 0) is 34.0 Å². The Balaban J connectivity index is 1.61. The number of benzene rings is 2. The summed E-state index contributed by atoms with van der Waals surface area (Å²) < 4.78 is 26.1. The Morgan fingerprint density at radius 2 is 1.77 bits per heavy atom. The molecule has 1 aromatic heterocycles. The highest BCUT2D eigenvalue weighted by atomic mass is 19.1. The van der Waals surface area contributed by atoms with Crippen LogP contribution >= 0.6 is 0 Å². The molecule has 0 radical (unpaired) electrons. The predicted octanol–water partition coefficient (Wildman–Crippen LogP) is 4.26. The Bertz CT molecular complexity index is 925. The van der Waals surface area contributed by atoms with Crippen molar-refractivity contribution in [3.63, 3.8) is 0 Å². The first-order valence-electron chi connectivity index (χ1n) is 10.4. The Hall–Kier alpha value is -2.96. The van der Waals surface area contributed by atoms with Crippen LogP contribution in [0.25, 0.3) is 0 Å². The fourth-order valence-corrected chi connectivity index (χ4v) is 3.34. The van der Waals surface area contributed by atoms with Gasteiger partial charge in [0.15, 0.2) is 0 Å². The summed E-state index contributed by atoms with van der Waals surface area (Å²) in [5, 5.41) is 0. The van der Waals surface area contributed by atoms with E-state index in [9.17, 15) is 9.18 Å². The third-order valence-electron chi connectivity index (χ3n) is 5.01. The average Bonchev–Trinajstić information content (AvgIpc) is 3.22. The molecule has 1 heterocycles. The van der Waals surface area contributed by atoms with E-state index in [4.69, 9.17) is 9.47 Å². The van der Waals surface area contributed by atoms with Crippen molar-refractivity contribution in [3.8, 4) is 0 Å². The Kier molecular flexibility index (Phi) is 8.82. The third-order valence-corrected chi connectivity index (χ3v) is 5.01. The number of nitrogens with zero attached hydrogens (tertiary/aromatic N) is 2. The summed E-state index contributed by atoms with van der Waals surface area (Å²) >= 11 is 0. The van der Waals surface area contributed by atoms with Crippen LogP contribution in [0.5, 0.6) is 0 Å². The van der Waals surface area contributed by atoms with E-state index in [2.05, 4.69) is 4.57 Å². The lowest BCUT2D eigenvalue weighted by Gasteiger charge is -2.24. The standard InChI is InChI=1S/C25H29FN2O3/c1-30-16-6-15-28(25(29)20-31-19-22-7-3-2-4-8-22)18-24-9-5-14-27(24)17-21-10-12-23(26)13-11-21/h2-5,7-14H,6,15-20H2,1H3. The molecule has 2 aromatic carbocycles. The molecule has 5 nitrogen and oxygen atoms in total. The molecule has 164 valence electrons. The molecule has 0 unspecified atom stereocenters. The fourth-order valence-electron chi connectivity index (χ4n) is 3.34. The normalized spacial score (nSPS) is 10.9. The van der Waals surface area contributed by atoms with Gasteiger partial charge in [0, 0.05) is 38.7 Å². The summed E-state index contributed by atoms with van der Waals surface area (Å²) in [7, 11) is 1.66. The molecular weight excluding hydrogens is 395 g/mol. The van der Waals surface area contributed by atoms with Gasteiger partial charge < -0.3 is 18.9 Å². The lowest BCUT2D eigenvalue weighted by Crippen LogP contribution is -2.35. The predicted molar refractivity (Wildman–Crippen MR) is 118 cm³/mol. The zero-order valence-corrected chi connectivity index (χ0v) is 17.9. The Morgan fingerprint density at radius 1 is 1.00 bits per heavy atom. The molecule has 0 aliphatic heterocycles. The van der Waals surface area contributed by atoms with Gasteiger partial charge in [0.05, 0.1) is 13.2 Å². The number of rotatable bonds is 12. The molecule has 0 fully saturated rings. The van der Waals surface area contributed by atoms with Crippen LogP contribution in [0.4, 0.5) is 4.39 Å². The molecule has 0 saturated carbocycles. The number of hydrogen-bond acceptors (Lipinski definition) is 3. The Morgan fingerprint density at radius 3 is 2.52 bits per heavy atom. The number of methoxy groups -OCH3 is 1. The molecule has 3 aromatic rings. The quantitative estimate of drug-likeness (QED) is 0.408. The zero-order valence-electron chi connectivity index (χ0n) is 17.9. The molecule has 0 bridgehead atoms. The summed E-state index contributed by atoms with van der Waals surface area (Å²) in [6.45, 7) is 2.70. The van der Waals surface area contributed by atoms with Gasteiger partial charge in [-0.25, -0.2) is 4.39 Å². The van der Waals surface area contributed by atoms with Gasteiger partial charge in [0.2, 0.25) is 5.91 Å². The van der Waals surface area contributed by atoms with Gasteiger partial charge in [-0.1, -0.05) is 42.5 Å². The third kappa shape index (κ3) is 7.35. The van der Waals surface area contributed by atoms with Crippen LogP contribution < -0.4 is 0 Å². The van der Waals surface area contributed by atoms with E-state index in [0.717, 1.165) is 23.2 Å². The highest BCUT2D eigenvalue weighted by Gasteiger charge is 2.16. The van der Waals surface area contributed by atoms with Gasteiger partial charge in [-0.3, -0.25) is 4.79 Å². The molecule has 0 N–H and O–H groups in total. The zero-order chi connectivity index (χ0) is 21.9. The van der Waals surface area contributed by atoms with Crippen LogP contribution in [0.2, 0.25) is 0 Å². The van der Waals surface area contributed by atoms with Crippen LogP contribution in [0, 0.1) is 5.82 Å². The van der Waals surface area contributed by atoms with Crippen LogP contribution in [-0.4, -0.2) is 42.2 Å². The minimum atomic E-state index is -0.248. The van der Waals surface area contributed by atoms with E-state index in [1.807, 2.05) is 48.7 Å². The van der Waals surface area contributed by atoms with Crippen molar-refractivity contribution in [2.24, 2.45) is 0 Å². The molecule has 1 amide bonds. The smallest absolute Gasteiger partial charge is 0.248 e. The average molecular weight is 425 g/mol.